The molecule has 0 N–H and O–H groups in total. The second kappa shape index (κ2) is 5.67. The average Bonchev–Trinajstić information content (AvgIpc) is 2.21. The summed E-state index contributed by atoms with van der Waals surface area (Å²) in [6.07, 6.45) is 0.250. The molecular weight excluding hydrogens is 174 g/mol. The minimum absolute atomic E-state index is 0.250. The van der Waals surface area contributed by atoms with Crippen molar-refractivity contribution in [2.75, 3.05) is 6.61 Å². The van der Waals surface area contributed by atoms with Crippen LogP contribution in [0.4, 0.5) is 0 Å². The fourth-order valence-electron chi connectivity index (χ4n) is 1.03. The van der Waals surface area contributed by atoms with Crippen LogP contribution >= 0.6 is 0 Å². The number of para-hydroxylation sites is 1. The van der Waals surface area contributed by atoms with Crippen LogP contribution in [0, 0.1) is 23.2 Å². The van der Waals surface area contributed by atoms with E-state index in [-0.39, 0.29) is 6.42 Å². The second-order valence-corrected chi connectivity index (χ2v) is 2.57. The fraction of sp³-hybridized carbons (Fsp3) is 0.250. The number of benzene rings is 1. The highest BCUT2D eigenvalue weighted by Crippen LogP contribution is 2.16. The predicted molar refractivity (Wildman–Crippen MR) is 54.7 cm³/mol. The van der Waals surface area contributed by atoms with Gasteiger partial charge >= 0.3 is 0 Å². The van der Waals surface area contributed by atoms with Crippen LogP contribution in [0.25, 0.3) is 0 Å². The molecule has 0 heterocycles. The SMILES string of the molecule is CCOc1ccccc1C#CCC#N. The van der Waals surface area contributed by atoms with Gasteiger partial charge in [0.1, 0.15) is 5.75 Å². The van der Waals surface area contributed by atoms with Gasteiger partial charge in [-0.25, -0.2) is 0 Å². The standard InChI is InChI=1S/C12H11NO/c1-2-14-12-9-4-3-7-11(12)8-5-6-10-13/h3-4,7,9H,2,6H2,1H3. The van der Waals surface area contributed by atoms with Gasteiger partial charge in [0.25, 0.3) is 0 Å². The van der Waals surface area contributed by atoms with E-state index in [1.165, 1.54) is 0 Å². The van der Waals surface area contributed by atoms with Gasteiger partial charge in [-0.3, -0.25) is 0 Å². The van der Waals surface area contributed by atoms with Gasteiger partial charge in [-0.05, 0) is 19.1 Å². The third-order valence-corrected chi connectivity index (χ3v) is 1.58. The Bertz CT molecular complexity index is 393. The molecule has 0 unspecified atom stereocenters. The molecule has 0 radical (unpaired) electrons. The van der Waals surface area contributed by atoms with Crippen LogP contribution in [0.1, 0.15) is 18.9 Å². The lowest BCUT2D eigenvalue weighted by Crippen LogP contribution is -1.93. The zero-order valence-electron chi connectivity index (χ0n) is 8.08. The van der Waals surface area contributed by atoms with Crippen LogP contribution in [-0.2, 0) is 0 Å². The molecule has 1 aromatic carbocycles. The molecule has 0 saturated carbocycles. The number of ether oxygens (including phenoxy) is 1. The van der Waals surface area contributed by atoms with Crippen molar-refractivity contribution < 1.29 is 4.74 Å². The van der Waals surface area contributed by atoms with Crippen molar-refractivity contribution >= 4 is 0 Å². The van der Waals surface area contributed by atoms with Crippen LogP contribution in [0.2, 0.25) is 0 Å². The quantitative estimate of drug-likeness (QED) is 0.662. The largest absolute Gasteiger partial charge is 0.493 e. The Morgan fingerprint density at radius 3 is 2.86 bits per heavy atom. The van der Waals surface area contributed by atoms with Crippen molar-refractivity contribution in [1.29, 1.82) is 5.26 Å². The number of nitriles is 1. The van der Waals surface area contributed by atoms with E-state index < -0.39 is 0 Å². The molecule has 70 valence electrons. The van der Waals surface area contributed by atoms with Crippen molar-refractivity contribution in [2.24, 2.45) is 0 Å². The fourth-order valence-corrected chi connectivity index (χ4v) is 1.03. The number of nitrogens with zero attached hydrogens (tertiary/aromatic N) is 1. The third-order valence-electron chi connectivity index (χ3n) is 1.58. The van der Waals surface area contributed by atoms with Gasteiger partial charge in [-0.15, -0.1) is 0 Å². The number of rotatable bonds is 2. The molecule has 14 heavy (non-hydrogen) atoms. The monoisotopic (exact) mass is 185 g/mol. The first-order valence-corrected chi connectivity index (χ1v) is 4.46. The number of hydrogen-bond acceptors (Lipinski definition) is 2. The topological polar surface area (TPSA) is 33.0 Å². The maximum atomic E-state index is 8.33. The molecule has 0 fully saturated rings. The van der Waals surface area contributed by atoms with Crippen LogP contribution in [0.3, 0.4) is 0 Å². The van der Waals surface area contributed by atoms with E-state index in [9.17, 15) is 0 Å². The molecule has 2 heteroatoms. The van der Waals surface area contributed by atoms with Crippen molar-refractivity contribution in [3.8, 4) is 23.7 Å². The first-order chi connectivity index (χ1) is 6.88. The van der Waals surface area contributed by atoms with Gasteiger partial charge in [0, 0.05) is 0 Å². The summed E-state index contributed by atoms with van der Waals surface area (Å²) in [6, 6.07) is 9.54. The van der Waals surface area contributed by atoms with E-state index in [1.54, 1.807) is 0 Å². The highest BCUT2D eigenvalue weighted by Gasteiger charge is 1.97. The zero-order chi connectivity index (χ0) is 10.2. The van der Waals surface area contributed by atoms with E-state index >= 15 is 0 Å². The Morgan fingerprint density at radius 1 is 1.36 bits per heavy atom. The highest BCUT2D eigenvalue weighted by molar-refractivity contribution is 5.46. The van der Waals surface area contributed by atoms with Gasteiger partial charge in [0.05, 0.1) is 24.7 Å². The van der Waals surface area contributed by atoms with Crippen molar-refractivity contribution in [2.45, 2.75) is 13.3 Å². The Kier molecular flexibility index (Phi) is 4.11. The van der Waals surface area contributed by atoms with Gasteiger partial charge in [0.15, 0.2) is 0 Å². The van der Waals surface area contributed by atoms with Crippen LogP contribution in [0.15, 0.2) is 24.3 Å². The molecular formula is C12H11NO. The lowest BCUT2D eigenvalue weighted by Gasteiger charge is -2.04. The molecule has 0 bridgehead atoms. The first-order valence-electron chi connectivity index (χ1n) is 4.46. The van der Waals surface area contributed by atoms with Crippen molar-refractivity contribution in [3.63, 3.8) is 0 Å². The molecule has 0 saturated heterocycles. The van der Waals surface area contributed by atoms with Crippen LogP contribution in [0.5, 0.6) is 5.75 Å². The summed E-state index contributed by atoms with van der Waals surface area (Å²) in [5.41, 5.74) is 0.838. The highest BCUT2D eigenvalue weighted by atomic mass is 16.5. The van der Waals surface area contributed by atoms with Crippen LogP contribution < -0.4 is 4.74 Å². The molecule has 1 aromatic rings. The van der Waals surface area contributed by atoms with Gasteiger partial charge < -0.3 is 4.74 Å². The molecule has 2 nitrogen and oxygen atoms in total. The summed E-state index contributed by atoms with van der Waals surface area (Å²) >= 11 is 0. The summed E-state index contributed by atoms with van der Waals surface area (Å²) in [7, 11) is 0. The zero-order valence-corrected chi connectivity index (χ0v) is 8.08. The summed E-state index contributed by atoms with van der Waals surface area (Å²) in [4.78, 5) is 0. The molecule has 0 atom stereocenters. The lowest BCUT2D eigenvalue weighted by atomic mass is 10.2. The smallest absolute Gasteiger partial charge is 0.134 e. The van der Waals surface area contributed by atoms with Crippen molar-refractivity contribution in [1.82, 2.24) is 0 Å². The second-order valence-electron chi connectivity index (χ2n) is 2.57. The van der Waals surface area contributed by atoms with Crippen molar-refractivity contribution in [3.05, 3.63) is 29.8 Å². The minimum atomic E-state index is 0.250. The molecule has 0 aliphatic rings. The minimum Gasteiger partial charge on any atom is -0.493 e. The Labute approximate surface area is 84.1 Å². The Balaban J connectivity index is 2.86. The van der Waals surface area contributed by atoms with E-state index in [1.807, 2.05) is 37.3 Å². The Morgan fingerprint density at radius 2 is 2.14 bits per heavy atom. The van der Waals surface area contributed by atoms with E-state index in [0.29, 0.717) is 6.61 Å². The molecule has 0 aromatic heterocycles. The molecule has 1 rings (SSSR count). The van der Waals surface area contributed by atoms with E-state index in [2.05, 4.69) is 11.8 Å². The van der Waals surface area contributed by atoms with Gasteiger partial charge in [-0.1, -0.05) is 24.0 Å². The molecule has 0 aliphatic carbocycles. The normalized spacial score (nSPS) is 8.29. The van der Waals surface area contributed by atoms with Gasteiger partial charge in [0.2, 0.25) is 0 Å². The summed E-state index contributed by atoms with van der Waals surface area (Å²) < 4.78 is 5.38. The maximum Gasteiger partial charge on any atom is 0.134 e. The molecule has 0 aliphatic heterocycles. The summed E-state index contributed by atoms with van der Waals surface area (Å²) in [5.74, 6) is 6.44. The molecule has 0 amide bonds. The lowest BCUT2D eigenvalue weighted by molar-refractivity contribution is 0.339. The maximum absolute atomic E-state index is 8.33. The molecule has 0 spiro atoms. The summed E-state index contributed by atoms with van der Waals surface area (Å²) in [6.45, 7) is 2.55. The predicted octanol–water partition coefficient (Wildman–Crippen LogP) is 2.35. The van der Waals surface area contributed by atoms with E-state index in [4.69, 9.17) is 10.00 Å². The Hall–Kier alpha value is -1.93. The van der Waals surface area contributed by atoms with E-state index in [0.717, 1.165) is 11.3 Å². The average molecular weight is 185 g/mol. The van der Waals surface area contributed by atoms with Gasteiger partial charge in [-0.2, -0.15) is 5.26 Å². The van der Waals surface area contributed by atoms with Crippen LogP contribution in [-0.4, -0.2) is 6.61 Å². The first kappa shape index (κ1) is 10.2. The third kappa shape index (κ3) is 2.84. The number of hydrogen-bond donors (Lipinski definition) is 0. The summed E-state index contributed by atoms with van der Waals surface area (Å²) in [5, 5.41) is 8.33.